The average Bonchev–Trinajstić information content (AvgIpc) is 2.95. The summed E-state index contributed by atoms with van der Waals surface area (Å²) in [7, 11) is 0. The first kappa shape index (κ1) is 15.8. The maximum Gasteiger partial charge on any atom is 0.0576 e. The summed E-state index contributed by atoms with van der Waals surface area (Å²) < 4.78 is 5.73. The number of hydrogen-bond acceptors (Lipinski definition) is 2. The number of hydrogen-bond donors (Lipinski definition) is 1. The molecule has 2 rings (SSSR count). The molecule has 2 nitrogen and oxygen atoms in total. The molecular weight excluding hydrogens is 270 g/mol. The van der Waals surface area contributed by atoms with Crippen LogP contribution in [0.2, 0.25) is 5.02 Å². The van der Waals surface area contributed by atoms with Gasteiger partial charge in [0.2, 0.25) is 0 Å². The second-order valence-electron chi connectivity index (χ2n) is 5.70. The Morgan fingerprint density at radius 3 is 3.05 bits per heavy atom. The van der Waals surface area contributed by atoms with Crippen LogP contribution in [0.3, 0.4) is 0 Å². The molecule has 0 aromatic heterocycles. The molecule has 1 fully saturated rings. The maximum atomic E-state index is 6.07. The highest BCUT2D eigenvalue weighted by molar-refractivity contribution is 6.30. The highest BCUT2D eigenvalue weighted by Gasteiger charge is 2.18. The van der Waals surface area contributed by atoms with Gasteiger partial charge in [-0.05, 0) is 62.8 Å². The molecular formula is C17H26ClNO. The number of rotatable bonds is 8. The van der Waals surface area contributed by atoms with Crippen molar-refractivity contribution in [3.8, 4) is 0 Å². The summed E-state index contributed by atoms with van der Waals surface area (Å²) in [6, 6.07) is 8.74. The Hall–Kier alpha value is -0.570. The van der Waals surface area contributed by atoms with E-state index in [0.717, 1.165) is 24.6 Å². The summed E-state index contributed by atoms with van der Waals surface area (Å²) in [5.74, 6) is 0. The zero-order valence-corrected chi connectivity index (χ0v) is 13.2. The molecule has 1 aromatic carbocycles. The predicted octanol–water partition coefficient (Wildman–Crippen LogP) is 4.21. The van der Waals surface area contributed by atoms with E-state index < -0.39 is 0 Å². The van der Waals surface area contributed by atoms with Crippen LogP contribution in [0.5, 0.6) is 0 Å². The van der Waals surface area contributed by atoms with Crippen LogP contribution in [0.1, 0.15) is 44.6 Å². The second-order valence-corrected chi connectivity index (χ2v) is 6.13. The zero-order chi connectivity index (χ0) is 14.2. The van der Waals surface area contributed by atoms with E-state index in [-0.39, 0.29) is 0 Å². The van der Waals surface area contributed by atoms with Crippen molar-refractivity contribution in [3.05, 3.63) is 34.9 Å². The lowest BCUT2D eigenvalue weighted by Gasteiger charge is -2.20. The zero-order valence-electron chi connectivity index (χ0n) is 12.4. The fourth-order valence-electron chi connectivity index (χ4n) is 2.83. The molecule has 2 unspecified atom stereocenters. The molecule has 0 radical (unpaired) electrons. The van der Waals surface area contributed by atoms with Crippen molar-refractivity contribution in [1.82, 2.24) is 5.32 Å². The van der Waals surface area contributed by atoms with Crippen molar-refractivity contribution in [2.75, 3.05) is 13.2 Å². The lowest BCUT2D eigenvalue weighted by molar-refractivity contribution is 0.0995. The summed E-state index contributed by atoms with van der Waals surface area (Å²) in [4.78, 5) is 0. The standard InChI is InChI=1S/C17H26ClNO/c1-2-10-19-16(8-9-17-7-4-11-20-17)13-14-5-3-6-15(18)12-14/h3,5-6,12,16-17,19H,2,4,7-11,13H2,1H3. The van der Waals surface area contributed by atoms with Crippen molar-refractivity contribution in [2.45, 2.75) is 57.6 Å². The van der Waals surface area contributed by atoms with Crippen LogP contribution < -0.4 is 5.32 Å². The average molecular weight is 296 g/mol. The smallest absolute Gasteiger partial charge is 0.0576 e. The molecule has 3 heteroatoms. The second kappa shape index (κ2) is 8.66. The fraction of sp³-hybridized carbons (Fsp3) is 0.647. The SMILES string of the molecule is CCCNC(CCC1CCCO1)Cc1cccc(Cl)c1. The molecule has 20 heavy (non-hydrogen) atoms. The molecule has 0 saturated carbocycles. The summed E-state index contributed by atoms with van der Waals surface area (Å²) in [5.41, 5.74) is 1.32. The van der Waals surface area contributed by atoms with Gasteiger partial charge < -0.3 is 10.1 Å². The number of benzene rings is 1. The number of nitrogens with one attached hydrogen (secondary N) is 1. The Balaban J connectivity index is 1.85. The van der Waals surface area contributed by atoms with Crippen LogP contribution in [-0.2, 0) is 11.2 Å². The van der Waals surface area contributed by atoms with Crippen molar-refractivity contribution >= 4 is 11.6 Å². The Morgan fingerprint density at radius 1 is 1.45 bits per heavy atom. The molecule has 1 aromatic rings. The molecule has 1 aliphatic heterocycles. The molecule has 112 valence electrons. The van der Waals surface area contributed by atoms with Gasteiger partial charge in [-0.3, -0.25) is 0 Å². The summed E-state index contributed by atoms with van der Waals surface area (Å²) in [5, 5.41) is 4.49. The Bertz CT molecular complexity index is 390. The highest BCUT2D eigenvalue weighted by atomic mass is 35.5. The Labute approximate surface area is 127 Å². The third-order valence-corrected chi connectivity index (χ3v) is 4.15. The quantitative estimate of drug-likeness (QED) is 0.776. The van der Waals surface area contributed by atoms with Gasteiger partial charge in [-0.25, -0.2) is 0 Å². The van der Waals surface area contributed by atoms with E-state index in [2.05, 4.69) is 24.4 Å². The van der Waals surface area contributed by atoms with E-state index in [1.54, 1.807) is 0 Å². The molecule has 0 aliphatic carbocycles. The van der Waals surface area contributed by atoms with Crippen molar-refractivity contribution in [1.29, 1.82) is 0 Å². The Morgan fingerprint density at radius 2 is 2.35 bits per heavy atom. The molecule has 1 N–H and O–H groups in total. The largest absolute Gasteiger partial charge is 0.378 e. The number of ether oxygens (including phenoxy) is 1. The minimum Gasteiger partial charge on any atom is -0.378 e. The molecule has 0 amide bonds. The summed E-state index contributed by atoms with van der Waals surface area (Å²) in [6.07, 6.45) is 7.52. The van der Waals surface area contributed by atoms with Crippen molar-refractivity contribution in [2.24, 2.45) is 0 Å². The normalized spacial score (nSPS) is 20.2. The lowest BCUT2D eigenvalue weighted by Crippen LogP contribution is -2.32. The first-order valence-electron chi connectivity index (χ1n) is 7.87. The molecule has 0 spiro atoms. The van der Waals surface area contributed by atoms with Crippen molar-refractivity contribution < 1.29 is 4.74 Å². The van der Waals surface area contributed by atoms with Crippen molar-refractivity contribution in [3.63, 3.8) is 0 Å². The lowest BCUT2D eigenvalue weighted by atomic mass is 9.99. The third-order valence-electron chi connectivity index (χ3n) is 3.92. The monoisotopic (exact) mass is 295 g/mol. The molecule has 0 bridgehead atoms. The van der Waals surface area contributed by atoms with E-state index in [1.807, 2.05) is 12.1 Å². The topological polar surface area (TPSA) is 21.3 Å². The fourth-order valence-corrected chi connectivity index (χ4v) is 3.05. The van der Waals surface area contributed by atoms with E-state index >= 15 is 0 Å². The van der Waals surface area contributed by atoms with Gasteiger partial charge in [0.05, 0.1) is 6.10 Å². The van der Waals surface area contributed by atoms with Crippen LogP contribution in [0.25, 0.3) is 0 Å². The third kappa shape index (κ3) is 5.43. The molecule has 2 atom stereocenters. The maximum absolute atomic E-state index is 6.07. The van der Waals surface area contributed by atoms with Gasteiger partial charge in [0.15, 0.2) is 0 Å². The first-order chi connectivity index (χ1) is 9.78. The van der Waals surface area contributed by atoms with Gasteiger partial charge in [-0.2, -0.15) is 0 Å². The van der Waals surface area contributed by atoms with Gasteiger partial charge in [-0.1, -0.05) is 30.7 Å². The van der Waals surface area contributed by atoms with Gasteiger partial charge in [0.1, 0.15) is 0 Å². The van der Waals surface area contributed by atoms with Crippen LogP contribution in [0, 0.1) is 0 Å². The molecule has 1 aliphatic rings. The van der Waals surface area contributed by atoms with E-state index in [9.17, 15) is 0 Å². The molecule has 1 saturated heterocycles. The Kier molecular flexibility index (Phi) is 6.85. The van der Waals surface area contributed by atoms with E-state index in [1.165, 1.54) is 37.7 Å². The van der Waals surface area contributed by atoms with Gasteiger partial charge in [0, 0.05) is 17.7 Å². The number of halogens is 1. The van der Waals surface area contributed by atoms with Crippen LogP contribution in [0.4, 0.5) is 0 Å². The minimum absolute atomic E-state index is 0.486. The minimum atomic E-state index is 0.486. The summed E-state index contributed by atoms with van der Waals surface area (Å²) >= 11 is 6.07. The predicted molar refractivity (Wildman–Crippen MR) is 85.4 cm³/mol. The van der Waals surface area contributed by atoms with Gasteiger partial charge in [-0.15, -0.1) is 0 Å². The van der Waals surface area contributed by atoms with Crippen LogP contribution >= 0.6 is 11.6 Å². The van der Waals surface area contributed by atoms with Crippen LogP contribution in [0.15, 0.2) is 24.3 Å². The van der Waals surface area contributed by atoms with E-state index in [0.29, 0.717) is 12.1 Å². The summed E-state index contributed by atoms with van der Waals surface area (Å²) in [6.45, 7) is 4.24. The molecule has 1 heterocycles. The van der Waals surface area contributed by atoms with Gasteiger partial charge >= 0.3 is 0 Å². The highest BCUT2D eigenvalue weighted by Crippen LogP contribution is 2.19. The van der Waals surface area contributed by atoms with E-state index in [4.69, 9.17) is 16.3 Å². The first-order valence-corrected chi connectivity index (χ1v) is 8.25. The van der Waals surface area contributed by atoms with Gasteiger partial charge in [0.25, 0.3) is 0 Å². The van der Waals surface area contributed by atoms with Crippen LogP contribution in [-0.4, -0.2) is 25.3 Å².